The largest absolute Gasteiger partial charge is 0.472 e. The average molecular weight is 700 g/mol. The van der Waals surface area contributed by atoms with Crippen molar-refractivity contribution in [1.82, 2.24) is 0 Å². The van der Waals surface area contributed by atoms with E-state index < -0.39 is 38.6 Å². The van der Waals surface area contributed by atoms with Crippen LogP contribution in [0.5, 0.6) is 0 Å². The number of ether oxygens (including phenoxy) is 2. The summed E-state index contributed by atoms with van der Waals surface area (Å²) in [7, 11) is -4.39. The Labute approximate surface area is 290 Å². The number of aliphatic hydroxyl groups is 1. The van der Waals surface area contributed by atoms with Crippen LogP contribution in [-0.2, 0) is 32.7 Å². The molecule has 0 fully saturated rings. The highest BCUT2D eigenvalue weighted by molar-refractivity contribution is 7.47. The summed E-state index contributed by atoms with van der Waals surface area (Å²) < 4.78 is 32.5. The maximum Gasteiger partial charge on any atom is 0.472 e. The normalized spacial score (nSPS) is 14.7. The second kappa shape index (κ2) is 33.4. The summed E-state index contributed by atoms with van der Waals surface area (Å²) in [5, 5.41) is 10.1. The second-order valence-electron chi connectivity index (χ2n) is 11.9. The van der Waals surface area contributed by atoms with Gasteiger partial charge in [-0.15, -0.1) is 0 Å². The van der Waals surface area contributed by atoms with Crippen LogP contribution in [0.2, 0.25) is 0 Å². The number of esters is 2. The number of carbonyl (C=O) groups excluding carboxylic acids is 2. The molecule has 2 unspecified atom stereocenters. The van der Waals surface area contributed by atoms with E-state index in [0.29, 0.717) is 19.3 Å². The number of hydrogen-bond donors (Lipinski definition) is 3. The van der Waals surface area contributed by atoms with Crippen LogP contribution >= 0.6 is 7.82 Å². The van der Waals surface area contributed by atoms with Crippen molar-refractivity contribution in [2.45, 2.75) is 148 Å². The third-order valence-corrected chi connectivity index (χ3v) is 8.29. The monoisotopic (exact) mass is 699 g/mol. The molecule has 0 aromatic carbocycles. The van der Waals surface area contributed by atoms with E-state index in [4.69, 9.17) is 24.3 Å². The van der Waals surface area contributed by atoms with Crippen molar-refractivity contribution < 1.29 is 42.7 Å². The zero-order chi connectivity index (χ0) is 35.6. The minimum atomic E-state index is -4.39. The van der Waals surface area contributed by atoms with Crippen LogP contribution in [-0.4, -0.2) is 60.5 Å². The summed E-state index contributed by atoms with van der Waals surface area (Å²) in [6.45, 7) is 3.40. The summed E-state index contributed by atoms with van der Waals surface area (Å²) in [6, 6.07) is 0. The van der Waals surface area contributed by atoms with Gasteiger partial charge in [0.25, 0.3) is 0 Å². The molecule has 0 saturated heterocycles. The van der Waals surface area contributed by atoms with Gasteiger partial charge >= 0.3 is 19.8 Å². The number of carbonyl (C=O) groups is 2. The highest BCUT2D eigenvalue weighted by atomic mass is 31.2. The Bertz CT molecular complexity index is 951. The third-order valence-electron chi connectivity index (χ3n) is 7.30. The van der Waals surface area contributed by atoms with Gasteiger partial charge in [-0.1, -0.05) is 120 Å². The lowest BCUT2D eigenvalue weighted by molar-refractivity contribution is -0.161. The molecule has 0 bridgehead atoms. The van der Waals surface area contributed by atoms with Gasteiger partial charge in [-0.2, -0.15) is 0 Å². The van der Waals surface area contributed by atoms with Gasteiger partial charge in [0.1, 0.15) is 6.61 Å². The minimum Gasteiger partial charge on any atom is -0.462 e. The topological polar surface area (TPSA) is 155 Å². The summed E-state index contributed by atoms with van der Waals surface area (Å²) in [5.41, 5.74) is 5.31. The third kappa shape index (κ3) is 32.5. The first-order valence-electron chi connectivity index (χ1n) is 18.2. The molecule has 11 heteroatoms. The number of rotatable bonds is 33. The van der Waals surface area contributed by atoms with Crippen LogP contribution in [0.4, 0.5) is 0 Å². The van der Waals surface area contributed by atoms with Crippen LogP contribution in [0.3, 0.4) is 0 Å². The highest BCUT2D eigenvalue weighted by Crippen LogP contribution is 2.43. The lowest BCUT2D eigenvalue weighted by atomic mass is 10.1. The number of aliphatic hydroxyl groups excluding tert-OH is 1. The van der Waals surface area contributed by atoms with Gasteiger partial charge in [-0.3, -0.25) is 18.6 Å². The fourth-order valence-electron chi connectivity index (χ4n) is 4.56. The summed E-state index contributed by atoms with van der Waals surface area (Å²) in [5.74, 6) is -0.923. The molecule has 0 radical (unpaired) electrons. The molecule has 0 aliphatic carbocycles. The molecule has 10 nitrogen and oxygen atoms in total. The van der Waals surface area contributed by atoms with Crippen molar-refractivity contribution in [3.63, 3.8) is 0 Å². The lowest BCUT2D eigenvalue weighted by Crippen LogP contribution is -2.29. The molecule has 0 aromatic heterocycles. The maximum absolute atomic E-state index is 12.5. The predicted molar refractivity (Wildman–Crippen MR) is 193 cm³/mol. The fourth-order valence-corrected chi connectivity index (χ4v) is 5.33. The van der Waals surface area contributed by atoms with E-state index in [-0.39, 0.29) is 32.6 Å². The Balaban J connectivity index is 4.35. The molecule has 278 valence electrons. The molecule has 0 heterocycles. The van der Waals surface area contributed by atoms with E-state index in [1.807, 2.05) is 18.2 Å². The molecular formula is C37H66NO9P. The Morgan fingerprint density at radius 1 is 0.750 bits per heavy atom. The van der Waals surface area contributed by atoms with E-state index >= 15 is 0 Å². The Morgan fingerprint density at radius 2 is 1.40 bits per heavy atom. The van der Waals surface area contributed by atoms with Gasteiger partial charge in [-0.25, -0.2) is 4.57 Å². The van der Waals surface area contributed by atoms with Gasteiger partial charge in [0.05, 0.1) is 19.3 Å². The van der Waals surface area contributed by atoms with Crippen LogP contribution in [0.25, 0.3) is 0 Å². The minimum absolute atomic E-state index is 0.0360. The molecule has 0 aliphatic heterocycles. The van der Waals surface area contributed by atoms with Gasteiger partial charge in [-0.05, 0) is 51.4 Å². The maximum atomic E-state index is 12.5. The molecule has 3 atom stereocenters. The fraction of sp³-hybridized carbons (Fsp3) is 0.730. The number of nitrogens with two attached hydrogens (primary N) is 1. The zero-order valence-electron chi connectivity index (χ0n) is 29.8. The molecule has 0 aliphatic rings. The predicted octanol–water partition coefficient (Wildman–Crippen LogP) is 8.57. The van der Waals surface area contributed by atoms with E-state index in [9.17, 15) is 24.2 Å². The van der Waals surface area contributed by atoms with Gasteiger partial charge in [0.15, 0.2) is 6.10 Å². The van der Waals surface area contributed by atoms with Crippen molar-refractivity contribution in [2.24, 2.45) is 5.73 Å². The first-order valence-corrected chi connectivity index (χ1v) is 19.7. The van der Waals surface area contributed by atoms with Crippen molar-refractivity contribution in [2.75, 3.05) is 26.4 Å². The number of phosphoric acid groups is 1. The Hall–Kier alpha value is -2.07. The zero-order valence-corrected chi connectivity index (χ0v) is 30.7. The van der Waals surface area contributed by atoms with Gasteiger partial charge in [0.2, 0.25) is 0 Å². The van der Waals surface area contributed by atoms with Crippen molar-refractivity contribution in [3.05, 3.63) is 48.6 Å². The van der Waals surface area contributed by atoms with E-state index in [1.54, 1.807) is 6.08 Å². The van der Waals surface area contributed by atoms with Crippen LogP contribution in [0.15, 0.2) is 48.6 Å². The molecule has 0 rings (SSSR count). The first kappa shape index (κ1) is 45.9. The van der Waals surface area contributed by atoms with Crippen LogP contribution in [0, 0.1) is 0 Å². The molecule has 4 N–H and O–H groups in total. The molecule has 0 saturated carbocycles. The van der Waals surface area contributed by atoms with E-state index in [2.05, 4.69) is 38.2 Å². The van der Waals surface area contributed by atoms with Crippen molar-refractivity contribution in [1.29, 1.82) is 0 Å². The summed E-state index contributed by atoms with van der Waals surface area (Å²) >= 11 is 0. The second-order valence-corrected chi connectivity index (χ2v) is 13.4. The van der Waals surface area contributed by atoms with Crippen LogP contribution < -0.4 is 5.73 Å². The van der Waals surface area contributed by atoms with E-state index in [1.165, 1.54) is 12.8 Å². The average Bonchev–Trinajstić information content (AvgIpc) is 3.06. The number of hydrogen-bond acceptors (Lipinski definition) is 9. The van der Waals surface area contributed by atoms with Crippen molar-refractivity contribution in [3.8, 4) is 0 Å². The lowest BCUT2D eigenvalue weighted by Gasteiger charge is -2.19. The quantitative estimate of drug-likeness (QED) is 0.0199. The number of unbranched alkanes of at least 4 members (excludes halogenated alkanes) is 11. The summed E-state index contributed by atoms with van der Waals surface area (Å²) in [6.07, 6.45) is 31.7. The standard InChI is InChI=1S/C37H66NO9P/c1-3-5-7-9-11-12-13-14-16-20-25-29-37(41)47-35(33-46-48(42,43)45-31-30-38)32-44-36(40)28-24-21-17-19-23-27-34(39)26-22-18-15-10-8-6-4-2/h6,8-9,11,15,18,22,26,34-35,39H,3-5,7,10,12-14,16-17,19-21,23-25,27-33,38H2,1-2H3,(H,42,43)/b8-6+,11-9-,18-15+,26-22+/t34?,35-/m1/s1. The summed E-state index contributed by atoms with van der Waals surface area (Å²) in [4.78, 5) is 34.6. The van der Waals surface area contributed by atoms with E-state index in [0.717, 1.165) is 77.0 Å². The molecule has 0 spiro atoms. The smallest absolute Gasteiger partial charge is 0.462 e. The first-order chi connectivity index (χ1) is 23.2. The van der Waals surface area contributed by atoms with Crippen molar-refractivity contribution >= 4 is 19.8 Å². The number of phosphoric ester groups is 1. The molecule has 0 amide bonds. The molecule has 0 aromatic rings. The molecular weight excluding hydrogens is 633 g/mol. The Morgan fingerprint density at radius 3 is 2.08 bits per heavy atom. The van der Waals surface area contributed by atoms with Crippen LogP contribution in [0.1, 0.15) is 136 Å². The highest BCUT2D eigenvalue weighted by Gasteiger charge is 2.25. The van der Waals surface area contributed by atoms with Gasteiger partial charge < -0.3 is 25.2 Å². The SMILES string of the molecule is CC/C=C/C/C=C/C=C/C(O)CCCCCCCC(=O)OC[C@H](COP(=O)(O)OCCN)OC(=O)CCCCCCC/C=C\CCCC. The van der Waals surface area contributed by atoms with Gasteiger partial charge in [0, 0.05) is 19.4 Å². The molecule has 48 heavy (non-hydrogen) atoms. The number of allylic oxidation sites excluding steroid dienone is 7. The Kier molecular flexibility index (Phi) is 32.0.